The Morgan fingerprint density at radius 3 is 2.59 bits per heavy atom. The second-order valence-electron chi connectivity index (χ2n) is 7.22. The molecule has 2 spiro atoms. The lowest BCUT2D eigenvalue weighted by Crippen LogP contribution is -2.63. The van der Waals surface area contributed by atoms with Gasteiger partial charge >= 0.3 is 0 Å². The monoisotopic (exact) mass is 370 g/mol. The first-order valence-electron chi connectivity index (χ1n) is 8.74. The predicted octanol–water partition coefficient (Wildman–Crippen LogP) is 2.45. The number of hydrogen-bond donors (Lipinski definition) is 1. The molecule has 7 heteroatoms. The number of halogens is 1. The Morgan fingerprint density at radius 2 is 1.93 bits per heavy atom. The zero-order chi connectivity index (χ0) is 18.6. The zero-order valence-electron chi connectivity index (χ0n) is 14.8. The van der Waals surface area contributed by atoms with E-state index in [4.69, 9.17) is 24.7 Å². The van der Waals surface area contributed by atoms with Crippen molar-refractivity contribution in [2.75, 3.05) is 33.5 Å². The van der Waals surface area contributed by atoms with Crippen LogP contribution in [0.5, 0.6) is 11.5 Å². The summed E-state index contributed by atoms with van der Waals surface area (Å²) in [7, 11) is 1.56. The molecule has 3 aliphatic heterocycles. The van der Waals surface area contributed by atoms with Crippen LogP contribution in [-0.4, -0.2) is 39.6 Å². The third-order valence-electron chi connectivity index (χ3n) is 5.78. The molecule has 140 valence electrons. The Hall–Kier alpha value is -2.80. The number of fused-ring (bicyclic) bond motifs is 3. The van der Waals surface area contributed by atoms with Crippen molar-refractivity contribution in [3.05, 3.63) is 47.8 Å². The standard InChI is InChI=1S/C20H19FN2O4/c1-24-13-3-4-16(21)14(7-13)12-2-5-17-15(6-12)20(11-27-18(22)23-20)19(10-26-17)8-25-9-19/h2-7H,8-11H2,1H3,(H2,22,23). The number of rotatable bonds is 2. The van der Waals surface area contributed by atoms with Crippen LogP contribution < -0.4 is 15.2 Å². The van der Waals surface area contributed by atoms with Crippen molar-refractivity contribution in [3.8, 4) is 22.6 Å². The van der Waals surface area contributed by atoms with Crippen LogP contribution in [0, 0.1) is 11.2 Å². The van der Waals surface area contributed by atoms with Crippen molar-refractivity contribution in [2.24, 2.45) is 16.1 Å². The molecule has 1 unspecified atom stereocenters. The Morgan fingerprint density at radius 1 is 1.07 bits per heavy atom. The highest BCUT2D eigenvalue weighted by molar-refractivity contribution is 5.76. The summed E-state index contributed by atoms with van der Waals surface area (Å²) in [4.78, 5) is 4.68. The molecule has 2 N–H and O–H groups in total. The lowest BCUT2D eigenvalue weighted by atomic mass is 9.64. The first-order valence-corrected chi connectivity index (χ1v) is 8.74. The second-order valence-corrected chi connectivity index (χ2v) is 7.22. The van der Waals surface area contributed by atoms with Crippen molar-refractivity contribution in [1.29, 1.82) is 0 Å². The van der Waals surface area contributed by atoms with Crippen LogP contribution in [0.1, 0.15) is 5.56 Å². The summed E-state index contributed by atoms with van der Waals surface area (Å²) in [5.74, 6) is 0.973. The topological polar surface area (TPSA) is 75.3 Å². The van der Waals surface area contributed by atoms with Crippen LogP contribution in [-0.2, 0) is 15.0 Å². The van der Waals surface area contributed by atoms with Crippen molar-refractivity contribution in [2.45, 2.75) is 5.54 Å². The van der Waals surface area contributed by atoms with Gasteiger partial charge in [0.1, 0.15) is 36.1 Å². The molecule has 2 aromatic rings. The molecular weight excluding hydrogens is 351 g/mol. The number of amidine groups is 1. The third kappa shape index (κ3) is 2.18. The molecule has 1 atom stereocenters. The molecule has 6 nitrogen and oxygen atoms in total. The average Bonchev–Trinajstić information content (AvgIpc) is 3.04. The molecule has 0 bridgehead atoms. The van der Waals surface area contributed by atoms with Gasteiger partial charge in [-0.3, -0.25) is 0 Å². The minimum Gasteiger partial charge on any atom is -0.497 e. The predicted molar refractivity (Wildman–Crippen MR) is 96.4 cm³/mol. The molecular formula is C20H19FN2O4. The number of benzene rings is 2. The van der Waals surface area contributed by atoms with E-state index >= 15 is 0 Å². The fourth-order valence-electron chi connectivity index (χ4n) is 4.13. The van der Waals surface area contributed by atoms with E-state index in [1.165, 1.54) is 6.07 Å². The van der Waals surface area contributed by atoms with Gasteiger partial charge in [-0.25, -0.2) is 9.38 Å². The van der Waals surface area contributed by atoms with Crippen LogP contribution in [0.25, 0.3) is 11.1 Å². The Balaban J connectivity index is 1.69. The molecule has 1 saturated heterocycles. The van der Waals surface area contributed by atoms with Crippen molar-refractivity contribution in [3.63, 3.8) is 0 Å². The van der Waals surface area contributed by atoms with E-state index in [1.807, 2.05) is 18.2 Å². The Bertz CT molecular complexity index is 957. The van der Waals surface area contributed by atoms with Crippen LogP contribution in [0.15, 0.2) is 41.4 Å². The van der Waals surface area contributed by atoms with Gasteiger partial charge in [0.05, 0.1) is 25.7 Å². The van der Waals surface area contributed by atoms with Gasteiger partial charge in [0.15, 0.2) is 0 Å². The fraction of sp³-hybridized carbons (Fsp3) is 0.350. The summed E-state index contributed by atoms with van der Waals surface area (Å²) in [6.45, 7) is 1.84. The first kappa shape index (κ1) is 16.4. The summed E-state index contributed by atoms with van der Waals surface area (Å²) in [5.41, 5.74) is 6.88. The van der Waals surface area contributed by atoms with E-state index < -0.39 is 5.54 Å². The van der Waals surface area contributed by atoms with Crippen LogP contribution >= 0.6 is 0 Å². The van der Waals surface area contributed by atoms with Gasteiger partial charge in [-0.2, -0.15) is 0 Å². The molecule has 3 aliphatic rings. The zero-order valence-corrected chi connectivity index (χ0v) is 14.8. The van der Waals surface area contributed by atoms with Crippen molar-refractivity contribution < 1.29 is 23.3 Å². The SMILES string of the molecule is COc1ccc(F)c(-c2ccc3c(c2)C2(COC(N)=N2)C2(COC2)CO3)c1. The molecule has 0 saturated carbocycles. The van der Waals surface area contributed by atoms with E-state index in [-0.39, 0.29) is 17.3 Å². The summed E-state index contributed by atoms with van der Waals surface area (Å²) in [6.07, 6.45) is 0. The first-order chi connectivity index (χ1) is 13.1. The minimum absolute atomic E-state index is 0.159. The molecule has 0 radical (unpaired) electrons. The smallest absolute Gasteiger partial charge is 0.283 e. The Labute approximate surface area is 155 Å². The maximum Gasteiger partial charge on any atom is 0.283 e. The van der Waals surface area contributed by atoms with E-state index in [0.717, 1.165) is 5.56 Å². The highest BCUT2D eigenvalue weighted by Crippen LogP contribution is 2.56. The lowest BCUT2D eigenvalue weighted by molar-refractivity contribution is -0.184. The van der Waals surface area contributed by atoms with E-state index in [9.17, 15) is 4.39 Å². The second kappa shape index (κ2) is 5.60. The minimum atomic E-state index is -0.686. The van der Waals surface area contributed by atoms with Crippen LogP contribution in [0.4, 0.5) is 4.39 Å². The summed E-state index contributed by atoms with van der Waals surface area (Å²) in [5, 5.41) is 0. The maximum atomic E-state index is 14.5. The molecule has 0 amide bonds. The number of ether oxygens (including phenoxy) is 4. The molecule has 3 heterocycles. The Kier molecular flexibility index (Phi) is 3.40. The number of nitrogens with two attached hydrogens (primary N) is 1. The number of hydrogen-bond acceptors (Lipinski definition) is 6. The maximum absolute atomic E-state index is 14.5. The van der Waals surface area contributed by atoms with Gasteiger partial charge in [-0.15, -0.1) is 0 Å². The number of aliphatic imine (C=N–C) groups is 1. The van der Waals surface area contributed by atoms with Crippen molar-refractivity contribution >= 4 is 6.02 Å². The van der Waals surface area contributed by atoms with Gasteiger partial charge in [-0.05, 0) is 35.9 Å². The van der Waals surface area contributed by atoms with E-state index in [0.29, 0.717) is 49.1 Å². The third-order valence-corrected chi connectivity index (χ3v) is 5.78. The molecule has 27 heavy (non-hydrogen) atoms. The van der Waals surface area contributed by atoms with Gasteiger partial charge in [0, 0.05) is 11.1 Å². The lowest BCUT2D eigenvalue weighted by Gasteiger charge is -2.53. The summed E-state index contributed by atoms with van der Waals surface area (Å²) >= 11 is 0. The van der Waals surface area contributed by atoms with Gasteiger partial charge in [0.2, 0.25) is 0 Å². The summed E-state index contributed by atoms with van der Waals surface area (Å²) < 4.78 is 36.8. The average molecular weight is 370 g/mol. The van der Waals surface area contributed by atoms with Crippen LogP contribution in [0.3, 0.4) is 0 Å². The highest BCUT2D eigenvalue weighted by atomic mass is 19.1. The van der Waals surface area contributed by atoms with E-state index in [1.54, 1.807) is 19.2 Å². The number of nitrogens with zero attached hydrogens (tertiary/aromatic N) is 1. The van der Waals surface area contributed by atoms with Crippen molar-refractivity contribution in [1.82, 2.24) is 0 Å². The highest BCUT2D eigenvalue weighted by Gasteiger charge is 2.63. The molecule has 1 fully saturated rings. The summed E-state index contributed by atoms with van der Waals surface area (Å²) in [6, 6.07) is 10.4. The van der Waals surface area contributed by atoms with Gasteiger partial charge in [-0.1, -0.05) is 6.07 Å². The number of methoxy groups -OCH3 is 1. The van der Waals surface area contributed by atoms with Gasteiger partial charge in [0.25, 0.3) is 6.02 Å². The fourth-order valence-corrected chi connectivity index (χ4v) is 4.13. The molecule has 2 aromatic carbocycles. The quantitative estimate of drug-likeness (QED) is 0.879. The molecule has 5 rings (SSSR count). The molecule has 0 aliphatic carbocycles. The molecule has 0 aromatic heterocycles. The van der Waals surface area contributed by atoms with Crippen LogP contribution in [0.2, 0.25) is 0 Å². The van der Waals surface area contributed by atoms with Gasteiger partial charge < -0.3 is 24.7 Å². The normalized spacial score (nSPS) is 24.6. The largest absolute Gasteiger partial charge is 0.497 e. The van der Waals surface area contributed by atoms with E-state index in [2.05, 4.69) is 4.99 Å².